The van der Waals surface area contributed by atoms with Gasteiger partial charge in [0.2, 0.25) is 0 Å². The van der Waals surface area contributed by atoms with Crippen molar-refractivity contribution in [1.82, 2.24) is 5.32 Å². The number of amides is 1. The molecule has 0 aromatic carbocycles. The highest BCUT2D eigenvalue weighted by Crippen LogP contribution is 2.32. The molecule has 2 rings (SSSR count). The van der Waals surface area contributed by atoms with Gasteiger partial charge in [0.15, 0.2) is 5.76 Å². The van der Waals surface area contributed by atoms with Gasteiger partial charge in [-0.05, 0) is 25.3 Å². The van der Waals surface area contributed by atoms with Crippen LogP contribution in [0.2, 0.25) is 0 Å². The summed E-state index contributed by atoms with van der Waals surface area (Å²) >= 11 is 0. The number of carboxylic acids is 1. The van der Waals surface area contributed by atoms with E-state index in [-0.39, 0.29) is 5.76 Å². The summed E-state index contributed by atoms with van der Waals surface area (Å²) in [5.74, 6) is -2.69. The van der Waals surface area contributed by atoms with E-state index in [4.69, 9.17) is 9.52 Å². The summed E-state index contributed by atoms with van der Waals surface area (Å²) < 4.78 is 4.70. The molecule has 1 aliphatic rings. The van der Waals surface area contributed by atoms with Crippen LogP contribution in [0.4, 0.5) is 5.88 Å². The van der Waals surface area contributed by atoms with Gasteiger partial charge in [-0.15, -0.1) is 0 Å². The molecule has 8 heteroatoms. The second-order valence-corrected chi connectivity index (χ2v) is 4.09. The van der Waals surface area contributed by atoms with E-state index in [1.807, 2.05) is 0 Å². The topological polar surface area (TPSA) is 123 Å². The van der Waals surface area contributed by atoms with Gasteiger partial charge >= 0.3 is 11.9 Å². The Bertz CT molecular complexity index is 516. The summed E-state index contributed by atoms with van der Waals surface area (Å²) in [7, 11) is 0. The van der Waals surface area contributed by atoms with Crippen molar-refractivity contribution in [2.75, 3.05) is 0 Å². The number of nitrogens with one attached hydrogen (secondary N) is 1. The van der Waals surface area contributed by atoms with Gasteiger partial charge < -0.3 is 14.8 Å². The first-order valence-electron chi connectivity index (χ1n) is 5.25. The number of carbonyl (C=O) groups is 2. The second kappa shape index (κ2) is 4.13. The van der Waals surface area contributed by atoms with E-state index >= 15 is 0 Å². The zero-order valence-electron chi connectivity index (χ0n) is 9.21. The van der Waals surface area contributed by atoms with Gasteiger partial charge in [-0.2, -0.15) is 0 Å². The number of hydrogen-bond donors (Lipinski definition) is 2. The van der Waals surface area contributed by atoms with Crippen LogP contribution in [0.25, 0.3) is 0 Å². The SMILES string of the molecule is O=C(NC1(C(=O)O)CCC1)c1ccc([N+](=O)[O-])o1. The van der Waals surface area contributed by atoms with Crippen LogP contribution in [0.5, 0.6) is 0 Å². The molecule has 0 saturated heterocycles. The molecule has 1 fully saturated rings. The highest BCUT2D eigenvalue weighted by Gasteiger charge is 2.46. The van der Waals surface area contributed by atoms with E-state index in [0.717, 1.165) is 12.1 Å². The molecule has 1 saturated carbocycles. The summed E-state index contributed by atoms with van der Waals surface area (Å²) in [6.07, 6.45) is 1.40. The highest BCUT2D eigenvalue weighted by molar-refractivity contribution is 5.96. The van der Waals surface area contributed by atoms with Crippen LogP contribution in [-0.4, -0.2) is 27.4 Å². The normalized spacial score (nSPS) is 16.7. The maximum absolute atomic E-state index is 11.7. The minimum atomic E-state index is -1.27. The summed E-state index contributed by atoms with van der Waals surface area (Å²) in [4.78, 5) is 32.3. The van der Waals surface area contributed by atoms with E-state index in [1.165, 1.54) is 0 Å². The number of furan rings is 1. The van der Waals surface area contributed by atoms with E-state index in [1.54, 1.807) is 0 Å². The summed E-state index contributed by atoms with van der Waals surface area (Å²) in [5.41, 5.74) is -1.27. The average Bonchev–Trinajstić information content (AvgIpc) is 2.71. The molecule has 0 spiro atoms. The first-order valence-corrected chi connectivity index (χ1v) is 5.25. The van der Waals surface area contributed by atoms with Crippen LogP contribution in [0.1, 0.15) is 29.8 Å². The fourth-order valence-electron chi connectivity index (χ4n) is 1.75. The second-order valence-electron chi connectivity index (χ2n) is 4.09. The quantitative estimate of drug-likeness (QED) is 0.608. The van der Waals surface area contributed by atoms with Crippen molar-refractivity contribution >= 4 is 17.8 Å². The zero-order valence-corrected chi connectivity index (χ0v) is 9.21. The molecular formula is C10H10N2O6. The number of carbonyl (C=O) groups excluding carboxylic acids is 1. The smallest absolute Gasteiger partial charge is 0.433 e. The fourth-order valence-corrected chi connectivity index (χ4v) is 1.75. The van der Waals surface area contributed by atoms with Crippen molar-refractivity contribution in [2.24, 2.45) is 0 Å². The molecular weight excluding hydrogens is 244 g/mol. The fraction of sp³-hybridized carbons (Fsp3) is 0.400. The average molecular weight is 254 g/mol. The maximum atomic E-state index is 11.7. The molecule has 0 unspecified atom stereocenters. The summed E-state index contributed by atoms with van der Waals surface area (Å²) in [6, 6.07) is 2.19. The van der Waals surface area contributed by atoms with Gasteiger partial charge in [-0.1, -0.05) is 0 Å². The molecule has 0 aliphatic heterocycles. The Morgan fingerprint density at radius 3 is 2.50 bits per heavy atom. The van der Waals surface area contributed by atoms with Crippen molar-refractivity contribution in [3.8, 4) is 0 Å². The van der Waals surface area contributed by atoms with Crippen molar-refractivity contribution in [1.29, 1.82) is 0 Å². The van der Waals surface area contributed by atoms with Gasteiger partial charge in [0.05, 0.1) is 6.07 Å². The molecule has 1 aliphatic carbocycles. The van der Waals surface area contributed by atoms with Crippen molar-refractivity contribution in [3.63, 3.8) is 0 Å². The third-order valence-electron chi connectivity index (χ3n) is 2.96. The number of hydrogen-bond acceptors (Lipinski definition) is 5. The number of nitro groups is 1. The Hall–Kier alpha value is -2.38. The first-order chi connectivity index (χ1) is 8.44. The largest absolute Gasteiger partial charge is 0.480 e. The standard InChI is InChI=1S/C10H10N2O6/c13-8(6-2-3-7(18-6)12(16)17)11-10(9(14)15)4-1-5-10/h2-3H,1,4-5H2,(H,11,13)(H,14,15). The lowest BCUT2D eigenvalue weighted by molar-refractivity contribution is -0.402. The Kier molecular flexibility index (Phi) is 2.77. The zero-order chi connectivity index (χ0) is 13.3. The molecule has 0 bridgehead atoms. The van der Waals surface area contributed by atoms with Crippen LogP contribution in [-0.2, 0) is 4.79 Å². The Morgan fingerprint density at radius 2 is 2.11 bits per heavy atom. The molecule has 0 atom stereocenters. The molecule has 1 aromatic rings. The lowest BCUT2D eigenvalue weighted by Gasteiger charge is -2.37. The lowest BCUT2D eigenvalue weighted by atomic mass is 9.76. The lowest BCUT2D eigenvalue weighted by Crippen LogP contribution is -2.59. The van der Waals surface area contributed by atoms with Crippen LogP contribution in [0.15, 0.2) is 16.5 Å². The van der Waals surface area contributed by atoms with Gasteiger partial charge in [-0.25, -0.2) is 4.79 Å². The number of rotatable bonds is 4. The van der Waals surface area contributed by atoms with Gasteiger partial charge in [-0.3, -0.25) is 14.9 Å². The maximum Gasteiger partial charge on any atom is 0.433 e. The Balaban J connectivity index is 2.12. The number of aliphatic carboxylic acids is 1. The minimum absolute atomic E-state index is 0.269. The number of carboxylic acid groups (broad SMARTS) is 1. The molecule has 1 heterocycles. The van der Waals surface area contributed by atoms with Crippen LogP contribution in [0.3, 0.4) is 0 Å². The van der Waals surface area contributed by atoms with Crippen LogP contribution >= 0.6 is 0 Å². The Labute approximate surface area is 101 Å². The van der Waals surface area contributed by atoms with E-state index in [2.05, 4.69) is 5.32 Å². The molecule has 1 amide bonds. The highest BCUT2D eigenvalue weighted by atomic mass is 16.6. The van der Waals surface area contributed by atoms with Gasteiger partial charge in [0, 0.05) is 0 Å². The predicted molar refractivity (Wildman–Crippen MR) is 57.0 cm³/mol. The van der Waals surface area contributed by atoms with Crippen molar-refractivity contribution < 1.29 is 24.0 Å². The Morgan fingerprint density at radius 1 is 1.44 bits per heavy atom. The van der Waals surface area contributed by atoms with E-state index < -0.39 is 28.2 Å². The molecule has 2 N–H and O–H groups in total. The van der Waals surface area contributed by atoms with Crippen molar-refractivity contribution in [2.45, 2.75) is 24.8 Å². The predicted octanol–water partition coefficient (Wildman–Crippen LogP) is 0.925. The molecule has 18 heavy (non-hydrogen) atoms. The molecule has 0 radical (unpaired) electrons. The molecule has 8 nitrogen and oxygen atoms in total. The molecule has 96 valence electrons. The summed E-state index contributed by atoms with van der Waals surface area (Å²) in [6.45, 7) is 0. The van der Waals surface area contributed by atoms with Gasteiger partial charge in [0.25, 0.3) is 5.91 Å². The van der Waals surface area contributed by atoms with E-state index in [0.29, 0.717) is 19.3 Å². The van der Waals surface area contributed by atoms with Gasteiger partial charge in [0.1, 0.15) is 10.5 Å². The number of nitrogens with zero attached hydrogens (tertiary/aromatic N) is 1. The third-order valence-corrected chi connectivity index (χ3v) is 2.96. The first kappa shape index (κ1) is 12.1. The molecule has 1 aromatic heterocycles. The van der Waals surface area contributed by atoms with Crippen molar-refractivity contribution in [3.05, 3.63) is 28.0 Å². The van der Waals surface area contributed by atoms with Crippen LogP contribution < -0.4 is 5.32 Å². The van der Waals surface area contributed by atoms with E-state index in [9.17, 15) is 19.7 Å². The van der Waals surface area contributed by atoms with Crippen LogP contribution in [0, 0.1) is 10.1 Å². The minimum Gasteiger partial charge on any atom is -0.480 e. The monoisotopic (exact) mass is 254 g/mol. The summed E-state index contributed by atoms with van der Waals surface area (Å²) in [5, 5.41) is 21.7. The third kappa shape index (κ3) is 1.92.